The summed E-state index contributed by atoms with van der Waals surface area (Å²) in [5, 5.41) is 0. The van der Waals surface area contributed by atoms with Crippen molar-refractivity contribution in [3.8, 4) is 5.88 Å². The number of ether oxygens (including phenoxy) is 2. The standard InChI is InChI=1S/C9H15N3O2/c1-2-13-3-4-14-9-7-11-8(5-10)6-12-9/h6-7H,2-5,10H2,1H3. The molecule has 2 N–H and O–H groups in total. The maximum Gasteiger partial charge on any atom is 0.232 e. The van der Waals surface area contributed by atoms with Gasteiger partial charge in [0.1, 0.15) is 6.61 Å². The Morgan fingerprint density at radius 3 is 2.71 bits per heavy atom. The van der Waals surface area contributed by atoms with Crippen LogP contribution in [0.25, 0.3) is 0 Å². The molecule has 0 aliphatic heterocycles. The molecule has 5 nitrogen and oxygen atoms in total. The SMILES string of the molecule is CCOCCOc1cnc(CN)cn1. The highest BCUT2D eigenvalue weighted by molar-refractivity contribution is 5.06. The molecule has 14 heavy (non-hydrogen) atoms. The normalized spacial score (nSPS) is 10.1. The molecule has 1 rings (SSSR count). The van der Waals surface area contributed by atoms with Crippen LogP contribution in [0.1, 0.15) is 12.6 Å². The zero-order chi connectivity index (χ0) is 10.2. The minimum absolute atomic E-state index is 0.395. The highest BCUT2D eigenvalue weighted by atomic mass is 16.5. The maximum absolute atomic E-state index is 5.38. The molecule has 0 saturated carbocycles. The molecule has 5 heteroatoms. The molecular weight excluding hydrogens is 182 g/mol. The molecule has 1 aromatic heterocycles. The largest absolute Gasteiger partial charge is 0.474 e. The van der Waals surface area contributed by atoms with Crippen LogP contribution in [0.5, 0.6) is 5.88 Å². The Bertz CT molecular complexity index is 251. The summed E-state index contributed by atoms with van der Waals surface area (Å²) < 4.78 is 10.4. The van der Waals surface area contributed by atoms with Gasteiger partial charge in [-0.2, -0.15) is 0 Å². The molecule has 0 fully saturated rings. The van der Waals surface area contributed by atoms with Crippen LogP contribution in [0, 0.1) is 0 Å². The minimum Gasteiger partial charge on any atom is -0.474 e. The van der Waals surface area contributed by atoms with Crippen molar-refractivity contribution in [1.29, 1.82) is 0 Å². The quantitative estimate of drug-likeness (QED) is 0.666. The Morgan fingerprint density at radius 2 is 2.14 bits per heavy atom. The molecule has 0 aliphatic rings. The van der Waals surface area contributed by atoms with Gasteiger partial charge in [-0.3, -0.25) is 4.98 Å². The topological polar surface area (TPSA) is 70.3 Å². The number of nitrogens with two attached hydrogens (primary N) is 1. The maximum atomic E-state index is 5.38. The number of aromatic nitrogens is 2. The summed E-state index contributed by atoms with van der Waals surface area (Å²) in [6.07, 6.45) is 3.17. The third-order valence-corrected chi connectivity index (χ3v) is 1.57. The molecule has 0 aromatic carbocycles. The van der Waals surface area contributed by atoms with Crippen LogP contribution < -0.4 is 10.5 Å². The second-order valence-corrected chi connectivity index (χ2v) is 2.60. The van der Waals surface area contributed by atoms with Crippen LogP contribution in [0.2, 0.25) is 0 Å². The number of hydrogen-bond acceptors (Lipinski definition) is 5. The van der Waals surface area contributed by atoms with Crippen molar-refractivity contribution in [2.24, 2.45) is 5.73 Å². The van der Waals surface area contributed by atoms with E-state index < -0.39 is 0 Å². The zero-order valence-corrected chi connectivity index (χ0v) is 8.27. The van der Waals surface area contributed by atoms with Crippen LogP contribution >= 0.6 is 0 Å². The summed E-state index contributed by atoms with van der Waals surface area (Å²) in [6.45, 7) is 4.09. The van der Waals surface area contributed by atoms with Gasteiger partial charge in [-0.15, -0.1) is 0 Å². The Balaban J connectivity index is 2.29. The van der Waals surface area contributed by atoms with Gasteiger partial charge in [0.2, 0.25) is 5.88 Å². The van der Waals surface area contributed by atoms with Crippen LogP contribution in [-0.4, -0.2) is 29.8 Å². The van der Waals surface area contributed by atoms with Crippen molar-refractivity contribution >= 4 is 0 Å². The van der Waals surface area contributed by atoms with Crippen molar-refractivity contribution in [1.82, 2.24) is 9.97 Å². The first-order valence-corrected chi connectivity index (χ1v) is 4.58. The van der Waals surface area contributed by atoms with Crippen LogP contribution in [0.3, 0.4) is 0 Å². The van der Waals surface area contributed by atoms with Crippen molar-refractivity contribution in [2.45, 2.75) is 13.5 Å². The number of rotatable bonds is 6. The fraction of sp³-hybridized carbons (Fsp3) is 0.556. The molecule has 0 aliphatic carbocycles. The van der Waals surface area contributed by atoms with E-state index in [1.165, 1.54) is 0 Å². The van der Waals surface area contributed by atoms with Gasteiger partial charge in [-0.05, 0) is 6.92 Å². The first kappa shape index (κ1) is 10.9. The summed E-state index contributed by atoms with van der Waals surface area (Å²) in [4.78, 5) is 8.07. The third kappa shape index (κ3) is 3.68. The number of nitrogens with zero attached hydrogens (tertiary/aromatic N) is 2. The lowest BCUT2D eigenvalue weighted by Crippen LogP contribution is -2.08. The molecule has 0 bridgehead atoms. The average Bonchev–Trinajstić information content (AvgIpc) is 2.25. The van der Waals surface area contributed by atoms with Crippen LogP contribution in [-0.2, 0) is 11.3 Å². The molecule has 0 saturated heterocycles. The van der Waals surface area contributed by atoms with E-state index in [2.05, 4.69) is 9.97 Å². The summed E-state index contributed by atoms with van der Waals surface area (Å²) >= 11 is 0. The van der Waals surface area contributed by atoms with Crippen LogP contribution in [0.4, 0.5) is 0 Å². The summed E-state index contributed by atoms with van der Waals surface area (Å²) in [7, 11) is 0. The van der Waals surface area contributed by atoms with E-state index in [1.54, 1.807) is 12.4 Å². The highest BCUT2D eigenvalue weighted by Gasteiger charge is 1.96. The predicted octanol–water partition coefficient (Wildman–Crippen LogP) is 0.351. The first-order chi connectivity index (χ1) is 6.86. The molecule has 1 aromatic rings. The lowest BCUT2D eigenvalue weighted by atomic mass is 10.5. The summed E-state index contributed by atoms with van der Waals surface area (Å²) in [5.41, 5.74) is 6.13. The smallest absolute Gasteiger partial charge is 0.232 e. The van der Waals surface area contributed by atoms with Gasteiger partial charge in [0.25, 0.3) is 0 Å². The third-order valence-electron chi connectivity index (χ3n) is 1.57. The lowest BCUT2D eigenvalue weighted by Gasteiger charge is -2.04. The van der Waals surface area contributed by atoms with E-state index in [9.17, 15) is 0 Å². The van der Waals surface area contributed by atoms with Gasteiger partial charge in [0.05, 0.1) is 24.7 Å². The molecule has 0 amide bonds. The highest BCUT2D eigenvalue weighted by Crippen LogP contribution is 2.02. The van der Waals surface area contributed by atoms with Crippen molar-refractivity contribution in [2.75, 3.05) is 19.8 Å². The Hall–Kier alpha value is -1.20. The molecule has 0 atom stereocenters. The molecule has 78 valence electrons. The van der Waals surface area contributed by atoms with Crippen molar-refractivity contribution in [3.63, 3.8) is 0 Å². The molecule has 1 heterocycles. The van der Waals surface area contributed by atoms with Gasteiger partial charge in [-0.25, -0.2) is 4.98 Å². The van der Waals surface area contributed by atoms with E-state index in [0.717, 1.165) is 5.69 Å². The first-order valence-electron chi connectivity index (χ1n) is 4.58. The number of hydrogen-bond donors (Lipinski definition) is 1. The van der Waals surface area contributed by atoms with E-state index in [1.807, 2.05) is 6.92 Å². The Morgan fingerprint density at radius 1 is 1.29 bits per heavy atom. The van der Waals surface area contributed by atoms with Gasteiger partial charge >= 0.3 is 0 Å². The second-order valence-electron chi connectivity index (χ2n) is 2.60. The monoisotopic (exact) mass is 197 g/mol. The van der Waals surface area contributed by atoms with E-state index in [4.69, 9.17) is 15.2 Å². The van der Waals surface area contributed by atoms with Gasteiger partial charge < -0.3 is 15.2 Å². The lowest BCUT2D eigenvalue weighted by molar-refractivity contribution is 0.108. The van der Waals surface area contributed by atoms with Crippen molar-refractivity contribution < 1.29 is 9.47 Å². The predicted molar refractivity (Wildman–Crippen MR) is 51.9 cm³/mol. The van der Waals surface area contributed by atoms with E-state index in [0.29, 0.717) is 32.2 Å². The average molecular weight is 197 g/mol. The molecule has 0 radical (unpaired) electrons. The zero-order valence-electron chi connectivity index (χ0n) is 8.27. The fourth-order valence-corrected chi connectivity index (χ4v) is 0.872. The summed E-state index contributed by atoms with van der Waals surface area (Å²) in [6, 6.07) is 0. The fourth-order valence-electron chi connectivity index (χ4n) is 0.872. The van der Waals surface area contributed by atoms with Gasteiger partial charge in [0.15, 0.2) is 0 Å². The molecule has 0 unspecified atom stereocenters. The van der Waals surface area contributed by atoms with Gasteiger partial charge in [-0.1, -0.05) is 0 Å². The van der Waals surface area contributed by atoms with Gasteiger partial charge in [0, 0.05) is 13.2 Å². The second kappa shape index (κ2) is 6.28. The van der Waals surface area contributed by atoms with Crippen LogP contribution in [0.15, 0.2) is 12.4 Å². The Labute approximate surface area is 83.3 Å². The van der Waals surface area contributed by atoms with E-state index >= 15 is 0 Å². The van der Waals surface area contributed by atoms with E-state index in [-0.39, 0.29) is 0 Å². The summed E-state index contributed by atoms with van der Waals surface area (Å²) in [5.74, 6) is 0.502. The molecule has 0 spiro atoms. The van der Waals surface area contributed by atoms with Crippen molar-refractivity contribution in [3.05, 3.63) is 18.1 Å². The molecular formula is C9H15N3O2. The minimum atomic E-state index is 0.395. The Kier molecular flexibility index (Phi) is 4.88.